The Kier molecular flexibility index (Phi) is 11.0. The number of nitrogens with one attached hydrogen (secondary N) is 1. The van der Waals surface area contributed by atoms with Crippen LogP contribution < -0.4 is 5.32 Å². The van der Waals surface area contributed by atoms with Crippen LogP contribution in [-0.2, 0) is 22.1 Å². The summed E-state index contributed by atoms with van der Waals surface area (Å²) in [6.07, 6.45) is 9.36. The number of carbonyl (C=O) groups excluding carboxylic acids is 2. The summed E-state index contributed by atoms with van der Waals surface area (Å²) in [5.41, 5.74) is 0.846. The van der Waals surface area contributed by atoms with Crippen molar-refractivity contribution in [3.05, 3.63) is 11.8 Å². The molecule has 6 heteroatoms. The van der Waals surface area contributed by atoms with Gasteiger partial charge in [-0.05, 0) is 12.8 Å². The number of aromatic nitrogens is 2. The zero-order valence-corrected chi connectivity index (χ0v) is 19.5. The Morgan fingerprint density at radius 2 is 1.66 bits per heavy atom. The zero-order valence-electron chi connectivity index (χ0n) is 19.5. The minimum absolute atomic E-state index is 0.0823. The first-order valence-electron chi connectivity index (χ1n) is 11.3. The summed E-state index contributed by atoms with van der Waals surface area (Å²) < 4.78 is 1.69. The number of aryl methyl sites for hydroxylation is 1. The van der Waals surface area contributed by atoms with Gasteiger partial charge in [0.25, 0.3) is 0 Å². The molecule has 1 aromatic rings. The molecular weight excluding hydrogens is 364 g/mol. The van der Waals surface area contributed by atoms with Gasteiger partial charge < -0.3 is 10.2 Å². The predicted octanol–water partition coefficient (Wildman–Crippen LogP) is 5.04. The van der Waals surface area contributed by atoms with E-state index in [1.807, 2.05) is 13.1 Å². The van der Waals surface area contributed by atoms with E-state index in [0.29, 0.717) is 18.8 Å². The molecule has 166 valence electrons. The third-order valence-electron chi connectivity index (χ3n) is 5.13. The lowest BCUT2D eigenvalue weighted by atomic mass is 9.92. The normalized spacial score (nSPS) is 11.5. The van der Waals surface area contributed by atoms with Crippen LogP contribution in [-0.4, -0.2) is 39.6 Å². The first-order valence-corrected chi connectivity index (χ1v) is 11.3. The smallest absolute Gasteiger partial charge is 0.245 e. The van der Waals surface area contributed by atoms with E-state index in [0.717, 1.165) is 31.4 Å². The molecule has 6 nitrogen and oxygen atoms in total. The summed E-state index contributed by atoms with van der Waals surface area (Å²) in [5.74, 6) is 0.587. The van der Waals surface area contributed by atoms with E-state index in [9.17, 15) is 9.59 Å². The molecule has 1 rings (SSSR count). The fourth-order valence-corrected chi connectivity index (χ4v) is 3.16. The van der Waals surface area contributed by atoms with Gasteiger partial charge in [0.15, 0.2) is 0 Å². The Labute approximate surface area is 177 Å². The zero-order chi connectivity index (χ0) is 21.9. The van der Waals surface area contributed by atoms with Crippen LogP contribution in [0.5, 0.6) is 0 Å². The lowest BCUT2D eigenvalue weighted by Crippen LogP contribution is -2.38. The highest BCUT2D eigenvalue weighted by Crippen LogP contribution is 2.23. The number of amides is 2. The average Bonchev–Trinajstić information content (AvgIpc) is 3.02. The van der Waals surface area contributed by atoms with Crippen molar-refractivity contribution in [3.63, 3.8) is 0 Å². The van der Waals surface area contributed by atoms with Crippen LogP contribution in [0.3, 0.4) is 0 Å². The van der Waals surface area contributed by atoms with Crippen molar-refractivity contribution in [1.29, 1.82) is 0 Å². The predicted molar refractivity (Wildman–Crippen MR) is 120 cm³/mol. The third-order valence-corrected chi connectivity index (χ3v) is 5.13. The number of hydrogen-bond acceptors (Lipinski definition) is 3. The van der Waals surface area contributed by atoms with Crippen molar-refractivity contribution in [2.45, 2.75) is 97.8 Å². The summed E-state index contributed by atoms with van der Waals surface area (Å²) in [6, 6.07) is 1.91. The monoisotopic (exact) mass is 406 g/mol. The van der Waals surface area contributed by atoms with E-state index in [1.165, 1.54) is 25.7 Å². The van der Waals surface area contributed by atoms with Crippen LogP contribution in [0.25, 0.3) is 0 Å². The second-order valence-corrected chi connectivity index (χ2v) is 9.02. The molecule has 0 unspecified atom stereocenters. The van der Waals surface area contributed by atoms with Gasteiger partial charge in [0.1, 0.15) is 5.82 Å². The lowest BCUT2D eigenvalue weighted by molar-refractivity contribution is -0.134. The maximum absolute atomic E-state index is 12.7. The second-order valence-electron chi connectivity index (χ2n) is 9.02. The highest BCUT2D eigenvalue weighted by atomic mass is 16.2. The van der Waals surface area contributed by atoms with Crippen LogP contribution in [0, 0.1) is 0 Å². The van der Waals surface area contributed by atoms with Gasteiger partial charge in [0.2, 0.25) is 11.8 Å². The SMILES string of the molecule is CCCCCCCCC(=O)N(CCCC)CC(=O)Nc1cc(C(C)(C)C)nn1C. The lowest BCUT2D eigenvalue weighted by Gasteiger charge is -2.22. The van der Waals surface area contributed by atoms with Crippen molar-refractivity contribution in [2.24, 2.45) is 7.05 Å². The molecule has 0 radical (unpaired) electrons. The van der Waals surface area contributed by atoms with Crippen molar-refractivity contribution in [3.8, 4) is 0 Å². The summed E-state index contributed by atoms with van der Waals surface area (Å²) in [6.45, 7) is 11.3. The molecule has 0 aliphatic heterocycles. The quantitative estimate of drug-likeness (QED) is 0.467. The van der Waals surface area contributed by atoms with Crippen LogP contribution >= 0.6 is 0 Å². The van der Waals surface area contributed by atoms with Gasteiger partial charge in [0.05, 0.1) is 12.2 Å². The molecule has 2 amide bonds. The number of anilines is 1. The van der Waals surface area contributed by atoms with Crippen LogP contribution in [0.1, 0.15) is 98.1 Å². The van der Waals surface area contributed by atoms with Crippen LogP contribution in [0.2, 0.25) is 0 Å². The number of carbonyl (C=O) groups is 2. The largest absolute Gasteiger partial charge is 0.333 e. The molecule has 1 aromatic heterocycles. The molecule has 0 bridgehead atoms. The summed E-state index contributed by atoms with van der Waals surface area (Å²) in [5, 5.41) is 7.41. The van der Waals surface area contributed by atoms with E-state index in [2.05, 4.69) is 45.0 Å². The molecule has 0 spiro atoms. The summed E-state index contributed by atoms with van der Waals surface area (Å²) in [7, 11) is 1.82. The van der Waals surface area contributed by atoms with E-state index >= 15 is 0 Å². The van der Waals surface area contributed by atoms with Crippen molar-refractivity contribution >= 4 is 17.6 Å². The maximum Gasteiger partial charge on any atom is 0.245 e. The number of hydrogen-bond donors (Lipinski definition) is 1. The van der Waals surface area contributed by atoms with Crippen molar-refractivity contribution in [1.82, 2.24) is 14.7 Å². The molecular formula is C23H42N4O2. The highest BCUT2D eigenvalue weighted by Gasteiger charge is 2.21. The molecule has 1 heterocycles. The van der Waals surface area contributed by atoms with Gasteiger partial charge in [-0.1, -0.05) is 73.1 Å². The second kappa shape index (κ2) is 12.7. The minimum Gasteiger partial charge on any atom is -0.333 e. The van der Waals surface area contributed by atoms with E-state index < -0.39 is 0 Å². The van der Waals surface area contributed by atoms with Gasteiger partial charge in [-0.25, -0.2) is 0 Å². The van der Waals surface area contributed by atoms with Gasteiger partial charge in [-0.15, -0.1) is 0 Å². The number of nitrogens with zero attached hydrogens (tertiary/aromatic N) is 3. The first-order chi connectivity index (χ1) is 13.7. The van der Waals surface area contributed by atoms with E-state index in [1.54, 1.807) is 9.58 Å². The average molecular weight is 407 g/mol. The van der Waals surface area contributed by atoms with E-state index in [-0.39, 0.29) is 23.8 Å². The minimum atomic E-state index is -0.166. The first kappa shape index (κ1) is 25.2. The fraction of sp³-hybridized carbons (Fsp3) is 0.783. The highest BCUT2D eigenvalue weighted by molar-refractivity contribution is 5.94. The van der Waals surface area contributed by atoms with Gasteiger partial charge >= 0.3 is 0 Å². The Morgan fingerprint density at radius 3 is 2.24 bits per heavy atom. The van der Waals surface area contributed by atoms with Gasteiger partial charge in [-0.3, -0.25) is 14.3 Å². The molecule has 0 aliphatic rings. The molecule has 0 saturated carbocycles. The maximum atomic E-state index is 12.7. The molecule has 0 saturated heterocycles. The molecule has 0 aliphatic carbocycles. The number of rotatable bonds is 13. The van der Waals surface area contributed by atoms with Gasteiger partial charge in [0, 0.05) is 31.5 Å². The van der Waals surface area contributed by atoms with Crippen LogP contribution in [0.15, 0.2) is 6.07 Å². The molecule has 0 aromatic carbocycles. The summed E-state index contributed by atoms with van der Waals surface area (Å²) in [4.78, 5) is 27.0. The molecule has 0 atom stereocenters. The fourth-order valence-electron chi connectivity index (χ4n) is 3.16. The van der Waals surface area contributed by atoms with E-state index in [4.69, 9.17) is 0 Å². The van der Waals surface area contributed by atoms with Gasteiger partial charge in [-0.2, -0.15) is 5.10 Å². The Bertz CT molecular complexity index is 631. The Hall–Kier alpha value is -1.85. The molecule has 1 N–H and O–H groups in total. The number of unbranched alkanes of at least 4 members (excludes halogenated alkanes) is 6. The standard InChI is InChI=1S/C23H42N4O2/c1-7-9-11-12-13-14-15-22(29)27(16-10-8-2)18-21(28)24-20-17-19(23(3,4)5)25-26(20)6/h17H,7-16,18H2,1-6H3,(H,24,28). The Balaban J connectivity index is 2.59. The van der Waals surface area contributed by atoms with Crippen molar-refractivity contribution < 1.29 is 9.59 Å². The topological polar surface area (TPSA) is 67.2 Å². The molecule has 0 fully saturated rings. The summed E-state index contributed by atoms with van der Waals surface area (Å²) >= 11 is 0. The Morgan fingerprint density at radius 1 is 1.03 bits per heavy atom. The third kappa shape index (κ3) is 9.46. The van der Waals surface area contributed by atoms with Crippen LogP contribution in [0.4, 0.5) is 5.82 Å². The van der Waals surface area contributed by atoms with Crippen molar-refractivity contribution in [2.75, 3.05) is 18.4 Å². The molecule has 29 heavy (non-hydrogen) atoms.